The Morgan fingerprint density at radius 3 is 2.69 bits per heavy atom. The van der Waals surface area contributed by atoms with E-state index in [2.05, 4.69) is 59.8 Å². The van der Waals surface area contributed by atoms with Gasteiger partial charge in [0, 0.05) is 37.7 Å². The van der Waals surface area contributed by atoms with Gasteiger partial charge in [-0.05, 0) is 50.5 Å². The van der Waals surface area contributed by atoms with Crippen LogP contribution in [-0.2, 0) is 13.1 Å². The monoisotopic (exact) mass is 393 g/mol. The first kappa shape index (κ1) is 20.6. The van der Waals surface area contributed by atoms with E-state index in [1.165, 1.54) is 0 Å². The van der Waals surface area contributed by atoms with Crippen molar-refractivity contribution in [3.63, 3.8) is 0 Å². The second kappa shape index (κ2) is 9.91. The summed E-state index contributed by atoms with van der Waals surface area (Å²) in [6.45, 7) is 11.5. The first-order valence-electron chi connectivity index (χ1n) is 10.2. The molecule has 29 heavy (non-hydrogen) atoms. The predicted octanol–water partition coefficient (Wildman–Crippen LogP) is 3.08. The summed E-state index contributed by atoms with van der Waals surface area (Å²) in [6, 6.07) is 12.3. The highest BCUT2D eigenvalue weighted by Crippen LogP contribution is 2.17. The van der Waals surface area contributed by atoms with Crippen LogP contribution in [-0.4, -0.2) is 38.6 Å². The van der Waals surface area contributed by atoms with E-state index in [0.29, 0.717) is 12.5 Å². The lowest BCUT2D eigenvalue weighted by atomic mass is 10.1. The van der Waals surface area contributed by atoms with Crippen molar-refractivity contribution < 1.29 is 0 Å². The first-order chi connectivity index (χ1) is 14.1. The van der Waals surface area contributed by atoms with Crippen molar-refractivity contribution in [1.29, 1.82) is 0 Å². The van der Waals surface area contributed by atoms with Crippen molar-refractivity contribution in [3.8, 4) is 5.69 Å². The number of nitrogens with one attached hydrogen (secondary N) is 2. The van der Waals surface area contributed by atoms with Crippen LogP contribution in [0.3, 0.4) is 0 Å². The molecule has 0 radical (unpaired) electrons. The Bertz CT molecular complexity index is 925. The molecule has 1 aromatic carbocycles. The molecule has 2 aromatic heterocycles. The minimum Gasteiger partial charge on any atom is -0.357 e. The second-order valence-corrected chi connectivity index (χ2v) is 7.38. The number of hydrogen-bond donors (Lipinski definition) is 2. The SMILES string of the molecule is CCNC(=NCc1ccccc1-n1nc(C)cc1C)NCC(C)Cn1cccn1. The fourth-order valence-corrected chi connectivity index (χ4v) is 3.29. The Labute approximate surface area is 172 Å². The van der Waals surface area contributed by atoms with Gasteiger partial charge in [0.1, 0.15) is 0 Å². The summed E-state index contributed by atoms with van der Waals surface area (Å²) in [6.07, 6.45) is 3.80. The van der Waals surface area contributed by atoms with E-state index in [4.69, 9.17) is 4.99 Å². The molecule has 1 unspecified atom stereocenters. The van der Waals surface area contributed by atoms with Crippen LogP contribution in [0.4, 0.5) is 0 Å². The quantitative estimate of drug-likeness (QED) is 0.456. The van der Waals surface area contributed by atoms with Crippen molar-refractivity contribution >= 4 is 5.96 Å². The molecular weight excluding hydrogens is 362 g/mol. The van der Waals surface area contributed by atoms with Crippen molar-refractivity contribution in [1.82, 2.24) is 30.2 Å². The maximum absolute atomic E-state index is 4.81. The summed E-state index contributed by atoms with van der Waals surface area (Å²) in [7, 11) is 0. The lowest BCUT2D eigenvalue weighted by Gasteiger charge is -2.16. The Morgan fingerprint density at radius 2 is 2.00 bits per heavy atom. The highest BCUT2D eigenvalue weighted by molar-refractivity contribution is 5.79. The third-order valence-corrected chi connectivity index (χ3v) is 4.66. The number of benzene rings is 1. The summed E-state index contributed by atoms with van der Waals surface area (Å²) >= 11 is 0. The molecule has 0 amide bonds. The van der Waals surface area contributed by atoms with Gasteiger partial charge in [-0.3, -0.25) is 4.68 Å². The fraction of sp³-hybridized carbons (Fsp3) is 0.409. The largest absolute Gasteiger partial charge is 0.357 e. The number of rotatable bonds is 8. The third-order valence-electron chi connectivity index (χ3n) is 4.66. The lowest BCUT2D eigenvalue weighted by molar-refractivity contribution is 0.443. The number of aryl methyl sites for hydroxylation is 2. The van der Waals surface area contributed by atoms with Gasteiger partial charge in [-0.15, -0.1) is 0 Å². The zero-order valence-electron chi connectivity index (χ0n) is 17.8. The summed E-state index contributed by atoms with van der Waals surface area (Å²) in [5.74, 6) is 1.25. The third kappa shape index (κ3) is 5.70. The van der Waals surface area contributed by atoms with E-state index in [1.807, 2.05) is 46.9 Å². The molecule has 7 nitrogen and oxygen atoms in total. The smallest absolute Gasteiger partial charge is 0.191 e. The van der Waals surface area contributed by atoms with E-state index in [9.17, 15) is 0 Å². The summed E-state index contributed by atoms with van der Waals surface area (Å²) < 4.78 is 3.95. The van der Waals surface area contributed by atoms with E-state index in [0.717, 1.165) is 48.2 Å². The Kier molecular flexibility index (Phi) is 7.05. The van der Waals surface area contributed by atoms with Gasteiger partial charge in [0.15, 0.2) is 5.96 Å². The van der Waals surface area contributed by atoms with E-state index < -0.39 is 0 Å². The zero-order valence-corrected chi connectivity index (χ0v) is 17.8. The highest BCUT2D eigenvalue weighted by atomic mass is 15.3. The number of guanidine groups is 1. The molecule has 0 saturated carbocycles. The molecule has 3 rings (SSSR count). The number of aromatic nitrogens is 4. The van der Waals surface area contributed by atoms with Crippen molar-refractivity contribution in [2.45, 2.75) is 40.8 Å². The molecule has 0 aliphatic carbocycles. The van der Waals surface area contributed by atoms with Gasteiger partial charge >= 0.3 is 0 Å². The van der Waals surface area contributed by atoms with E-state index in [-0.39, 0.29) is 0 Å². The minimum absolute atomic E-state index is 0.431. The van der Waals surface area contributed by atoms with Crippen LogP contribution >= 0.6 is 0 Å². The van der Waals surface area contributed by atoms with E-state index >= 15 is 0 Å². The van der Waals surface area contributed by atoms with Gasteiger partial charge < -0.3 is 10.6 Å². The predicted molar refractivity (Wildman–Crippen MR) is 117 cm³/mol. The maximum Gasteiger partial charge on any atom is 0.191 e. The number of nitrogens with zero attached hydrogens (tertiary/aromatic N) is 5. The number of aliphatic imine (C=N–C) groups is 1. The van der Waals surface area contributed by atoms with Crippen molar-refractivity contribution in [2.75, 3.05) is 13.1 Å². The van der Waals surface area contributed by atoms with Gasteiger partial charge in [0.05, 0.1) is 17.9 Å². The normalized spacial score (nSPS) is 12.8. The highest BCUT2D eigenvalue weighted by Gasteiger charge is 2.09. The topological polar surface area (TPSA) is 72.1 Å². The Hall–Kier alpha value is -3.09. The van der Waals surface area contributed by atoms with Gasteiger partial charge in [-0.1, -0.05) is 25.1 Å². The van der Waals surface area contributed by atoms with Gasteiger partial charge in [-0.2, -0.15) is 10.2 Å². The van der Waals surface area contributed by atoms with Crippen LogP contribution in [0.25, 0.3) is 5.69 Å². The molecule has 154 valence electrons. The molecule has 2 heterocycles. The van der Waals surface area contributed by atoms with E-state index in [1.54, 1.807) is 0 Å². The molecule has 0 spiro atoms. The maximum atomic E-state index is 4.81. The minimum atomic E-state index is 0.431. The van der Waals surface area contributed by atoms with Crippen LogP contribution in [0.15, 0.2) is 53.8 Å². The van der Waals surface area contributed by atoms with Gasteiger partial charge in [0.25, 0.3) is 0 Å². The number of para-hydroxylation sites is 1. The van der Waals surface area contributed by atoms with Gasteiger partial charge in [-0.25, -0.2) is 9.67 Å². The van der Waals surface area contributed by atoms with Crippen LogP contribution in [0.2, 0.25) is 0 Å². The Morgan fingerprint density at radius 1 is 1.17 bits per heavy atom. The van der Waals surface area contributed by atoms with Crippen LogP contribution in [0.5, 0.6) is 0 Å². The lowest BCUT2D eigenvalue weighted by Crippen LogP contribution is -2.40. The molecule has 0 aliphatic rings. The first-order valence-corrected chi connectivity index (χ1v) is 10.2. The summed E-state index contributed by atoms with van der Waals surface area (Å²) in [5, 5.41) is 15.7. The van der Waals surface area contributed by atoms with Gasteiger partial charge in [0.2, 0.25) is 0 Å². The Balaban J connectivity index is 1.68. The van der Waals surface area contributed by atoms with Crippen LogP contribution in [0, 0.1) is 19.8 Å². The van der Waals surface area contributed by atoms with Crippen LogP contribution < -0.4 is 10.6 Å². The summed E-state index contributed by atoms with van der Waals surface area (Å²) in [4.78, 5) is 4.81. The molecule has 1 atom stereocenters. The summed E-state index contributed by atoms with van der Waals surface area (Å²) in [5.41, 5.74) is 4.35. The fourth-order valence-electron chi connectivity index (χ4n) is 3.29. The molecular formula is C22H31N7. The number of hydrogen-bond acceptors (Lipinski definition) is 3. The second-order valence-electron chi connectivity index (χ2n) is 7.38. The molecule has 0 bridgehead atoms. The van der Waals surface area contributed by atoms with Crippen molar-refractivity contribution in [3.05, 3.63) is 65.7 Å². The standard InChI is InChI=1S/C22H31N7/c1-5-23-22(24-14-17(2)16-28-12-8-11-26-28)25-15-20-9-6-7-10-21(20)29-19(4)13-18(3)27-29/h6-13,17H,5,14-16H2,1-4H3,(H2,23,24,25). The molecule has 0 aliphatic heterocycles. The molecule has 0 fully saturated rings. The average molecular weight is 394 g/mol. The van der Waals surface area contributed by atoms with Crippen molar-refractivity contribution in [2.24, 2.45) is 10.9 Å². The molecule has 2 N–H and O–H groups in total. The molecule has 7 heteroatoms. The molecule has 0 saturated heterocycles. The molecule has 3 aromatic rings. The average Bonchev–Trinajstić information content (AvgIpc) is 3.33. The zero-order chi connectivity index (χ0) is 20.6. The van der Waals surface area contributed by atoms with Crippen LogP contribution in [0.1, 0.15) is 30.8 Å².